The van der Waals surface area contributed by atoms with Crippen molar-refractivity contribution in [2.24, 2.45) is 5.41 Å². The molecule has 1 aliphatic heterocycles. The lowest BCUT2D eigenvalue weighted by Gasteiger charge is -2.28. The van der Waals surface area contributed by atoms with E-state index in [0.29, 0.717) is 30.1 Å². The SMILES string of the molecule is COC(=O)c1cc(Cl)c2nc(Cc3cc(F)c(Br)cc3F)n([C@@H]3COCC3(C)C)c2c1. The number of rotatable bonds is 4. The zero-order valence-electron chi connectivity index (χ0n) is 17.1. The Labute approximate surface area is 191 Å². The Kier molecular flexibility index (Phi) is 5.83. The Morgan fingerprint density at radius 2 is 2.06 bits per heavy atom. The van der Waals surface area contributed by atoms with Crippen LogP contribution in [-0.2, 0) is 15.9 Å². The number of methoxy groups -OCH3 is 1. The molecular weight excluding hydrogens is 494 g/mol. The van der Waals surface area contributed by atoms with Crippen molar-refractivity contribution >= 4 is 44.5 Å². The second-order valence-electron chi connectivity index (χ2n) is 8.27. The number of fused-ring (bicyclic) bond motifs is 1. The van der Waals surface area contributed by atoms with Gasteiger partial charge in [-0.3, -0.25) is 0 Å². The molecule has 0 N–H and O–H groups in total. The van der Waals surface area contributed by atoms with Crippen molar-refractivity contribution in [3.8, 4) is 0 Å². The molecule has 0 saturated carbocycles. The number of hydrogen-bond acceptors (Lipinski definition) is 4. The third-order valence-electron chi connectivity index (χ3n) is 5.64. The van der Waals surface area contributed by atoms with E-state index in [4.69, 9.17) is 21.1 Å². The lowest BCUT2D eigenvalue weighted by Crippen LogP contribution is -2.27. The smallest absolute Gasteiger partial charge is 0.337 e. The normalized spacial score (nSPS) is 18.0. The maximum absolute atomic E-state index is 14.6. The zero-order valence-corrected chi connectivity index (χ0v) is 19.5. The zero-order chi connectivity index (χ0) is 22.5. The lowest BCUT2D eigenvalue weighted by atomic mass is 9.87. The second-order valence-corrected chi connectivity index (χ2v) is 9.53. The van der Waals surface area contributed by atoms with Gasteiger partial charge in [-0.1, -0.05) is 25.4 Å². The van der Waals surface area contributed by atoms with Gasteiger partial charge < -0.3 is 14.0 Å². The fourth-order valence-electron chi connectivity index (χ4n) is 3.96. The summed E-state index contributed by atoms with van der Waals surface area (Å²) in [6, 6.07) is 5.27. The predicted molar refractivity (Wildman–Crippen MR) is 117 cm³/mol. The van der Waals surface area contributed by atoms with Crippen molar-refractivity contribution in [3.05, 3.63) is 62.3 Å². The van der Waals surface area contributed by atoms with Crippen LogP contribution in [0, 0.1) is 17.0 Å². The first-order valence-electron chi connectivity index (χ1n) is 9.62. The number of carbonyl (C=O) groups is 1. The summed E-state index contributed by atoms with van der Waals surface area (Å²) >= 11 is 9.45. The van der Waals surface area contributed by atoms with E-state index < -0.39 is 17.6 Å². The monoisotopic (exact) mass is 512 g/mol. The molecule has 1 saturated heterocycles. The van der Waals surface area contributed by atoms with Crippen molar-refractivity contribution in [1.29, 1.82) is 0 Å². The van der Waals surface area contributed by atoms with E-state index in [1.54, 1.807) is 6.07 Å². The Bertz CT molecular complexity index is 1200. The second kappa shape index (κ2) is 8.15. The maximum atomic E-state index is 14.6. The quantitative estimate of drug-likeness (QED) is 0.331. The van der Waals surface area contributed by atoms with E-state index in [2.05, 4.69) is 34.8 Å². The van der Waals surface area contributed by atoms with Gasteiger partial charge in [-0.2, -0.15) is 0 Å². The molecule has 9 heteroatoms. The van der Waals surface area contributed by atoms with Gasteiger partial charge in [0, 0.05) is 11.8 Å². The van der Waals surface area contributed by atoms with Crippen LogP contribution < -0.4 is 0 Å². The summed E-state index contributed by atoms with van der Waals surface area (Å²) in [5.74, 6) is -1.13. The number of ether oxygens (including phenoxy) is 2. The van der Waals surface area contributed by atoms with Crippen molar-refractivity contribution in [1.82, 2.24) is 9.55 Å². The minimum absolute atomic E-state index is 0.0428. The molecule has 5 nitrogen and oxygen atoms in total. The van der Waals surface area contributed by atoms with Crippen LogP contribution in [0.2, 0.25) is 5.02 Å². The summed E-state index contributed by atoms with van der Waals surface area (Å²) in [5.41, 5.74) is 1.29. The molecule has 0 spiro atoms. The Balaban J connectivity index is 1.94. The molecule has 1 atom stereocenters. The van der Waals surface area contributed by atoms with Crippen LogP contribution in [0.15, 0.2) is 28.7 Å². The molecule has 4 rings (SSSR count). The lowest BCUT2D eigenvalue weighted by molar-refractivity contribution is 0.0601. The van der Waals surface area contributed by atoms with Gasteiger partial charge in [-0.15, -0.1) is 0 Å². The van der Waals surface area contributed by atoms with Gasteiger partial charge >= 0.3 is 5.97 Å². The number of nitrogens with zero attached hydrogens (tertiary/aromatic N) is 2. The van der Waals surface area contributed by atoms with Gasteiger partial charge in [0.05, 0.1) is 46.9 Å². The molecule has 2 heterocycles. The molecule has 2 aromatic carbocycles. The van der Waals surface area contributed by atoms with Crippen LogP contribution >= 0.6 is 27.5 Å². The highest BCUT2D eigenvalue weighted by molar-refractivity contribution is 9.10. The van der Waals surface area contributed by atoms with Crippen LogP contribution in [0.25, 0.3) is 11.0 Å². The van der Waals surface area contributed by atoms with E-state index >= 15 is 0 Å². The van der Waals surface area contributed by atoms with Gasteiger partial charge in [0.2, 0.25) is 0 Å². The summed E-state index contributed by atoms with van der Waals surface area (Å²) in [7, 11) is 1.29. The molecular formula is C22H20BrClF2N2O3. The molecule has 164 valence electrons. The predicted octanol–water partition coefficient (Wildman–Crippen LogP) is 5.71. The van der Waals surface area contributed by atoms with Crippen LogP contribution in [0.3, 0.4) is 0 Å². The highest BCUT2D eigenvalue weighted by Crippen LogP contribution is 2.41. The summed E-state index contributed by atoms with van der Waals surface area (Å²) < 4.78 is 41.2. The number of carbonyl (C=O) groups excluding carboxylic acids is 1. The summed E-state index contributed by atoms with van der Waals surface area (Å²) in [6.07, 6.45) is 0.0428. The van der Waals surface area contributed by atoms with Gasteiger partial charge in [0.1, 0.15) is 23.0 Å². The topological polar surface area (TPSA) is 53.3 Å². The van der Waals surface area contributed by atoms with E-state index in [1.807, 2.05) is 4.57 Å². The van der Waals surface area contributed by atoms with E-state index in [1.165, 1.54) is 13.2 Å². The first kappa shape index (κ1) is 22.2. The minimum Gasteiger partial charge on any atom is -0.465 e. The molecule has 1 aromatic heterocycles. The van der Waals surface area contributed by atoms with Crippen LogP contribution in [0.5, 0.6) is 0 Å². The first-order chi connectivity index (χ1) is 14.6. The minimum atomic E-state index is -0.561. The van der Waals surface area contributed by atoms with Gasteiger partial charge in [0.25, 0.3) is 0 Å². The van der Waals surface area contributed by atoms with Crippen molar-refractivity contribution < 1.29 is 23.0 Å². The van der Waals surface area contributed by atoms with E-state index in [-0.39, 0.29) is 38.5 Å². The number of hydrogen-bond donors (Lipinski definition) is 0. The molecule has 3 aromatic rings. The Hall–Kier alpha value is -2.03. The number of halogens is 4. The molecule has 0 bridgehead atoms. The number of benzene rings is 2. The third-order valence-corrected chi connectivity index (χ3v) is 6.54. The van der Waals surface area contributed by atoms with Gasteiger partial charge in [-0.25, -0.2) is 18.6 Å². The summed E-state index contributed by atoms with van der Waals surface area (Å²) in [6.45, 7) is 5.07. The molecule has 0 aliphatic carbocycles. The van der Waals surface area contributed by atoms with Crippen LogP contribution in [-0.4, -0.2) is 35.8 Å². The van der Waals surface area contributed by atoms with Gasteiger partial charge in [0.15, 0.2) is 0 Å². The van der Waals surface area contributed by atoms with Gasteiger partial charge in [-0.05, 0) is 45.8 Å². The number of imidazole rings is 1. The van der Waals surface area contributed by atoms with E-state index in [0.717, 1.165) is 12.1 Å². The third kappa shape index (κ3) is 3.97. The summed E-state index contributed by atoms with van der Waals surface area (Å²) in [4.78, 5) is 16.8. The van der Waals surface area contributed by atoms with Crippen LogP contribution in [0.4, 0.5) is 8.78 Å². The molecule has 1 fully saturated rings. The summed E-state index contributed by atoms with van der Waals surface area (Å²) in [5, 5.41) is 0.275. The van der Waals surface area contributed by atoms with Crippen molar-refractivity contribution in [2.45, 2.75) is 26.3 Å². The Morgan fingerprint density at radius 3 is 2.71 bits per heavy atom. The molecule has 31 heavy (non-hydrogen) atoms. The van der Waals surface area contributed by atoms with Crippen molar-refractivity contribution in [2.75, 3.05) is 20.3 Å². The average molecular weight is 514 g/mol. The largest absolute Gasteiger partial charge is 0.465 e. The molecule has 0 unspecified atom stereocenters. The first-order valence-corrected chi connectivity index (χ1v) is 10.8. The maximum Gasteiger partial charge on any atom is 0.337 e. The average Bonchev–Trinajstić information content (AvgIpc) is 3.24. The highest BCUT2D eigenvalue weighted by Gasteiger charge is 2.39. The highest BCUT2D eigenvalue weighted by atomic mass is 79.9. The standard InChI is InChI=1S/C22H20BrClF2N2O3/c1-22(2)10-31-9-18(22)28-17-6-12(21(29)30-3)4-14(24)20(17)27-19(28)7-11-5-16(26)13(23)8-15(11)25/h4-6,8,18H,7,9-10H2,1-3H3/t18-/m1/s1. The van der Waals surface area contributed by atoms with E-state index in [9.17, 15) is 13.6 Å². The fraction of sp³-hybridized carbons (Fsp3) is 0.364. The Morgan fingerprint density at radius 1 is 1.32 bits per heavy atom. The number of esters is 1. The van der Waals surface area contributed by atoms with Crippen molar-refractivity contribution in [3.63, 3.8) is 0 Å². The molecule has 1 aliphatic rings. The van der Waals surface area contributed by atoms with Crippen LogP contribution in [0.1, 0.15) is 41.6 Å². The molecule has 0 amide bonds. The molecule has 0 radical (unpaired) electrons. The number of aromatic nitrogens is 2. The fourth-order valence-corrected chi connectivity index (χ4v) is 4.53.